The molecule has 18 heavy (non-hydrogen) atoms. The Hall–Kier alpha value is -2.14. The van der Waals surface area contributed by atoms with E-state index in [9.17, 15) is 14.3 Å². The van der Waals surface area contributed by atoms with E-state index in [-0.39, 0.29) is 6.54 Å². The summed E-state index contributed by atoms with van der Waals surface area (Å²) < 4.78 is 17.7. The summed E-state index contributed by atoms with van der Waals surface area (Å²) in [6.07, 6.45) is 0.179. The number of carbonyl (C=O) groups excluding carboxylic acids is 1. The molecule has 0 aliphatic rings. The number of carbonyl (C=O) groups is 1. The van der Waals surface area contributed by atoms with Crippen LogP contribution in [-0.4, -0.2) is 11.0 Å². The molecule has 1 unspecified atom stereocenters. The maximum atomic E-state index is 12.7. The Morgan fingerprint density at radius 2 is 2.06 bits per heavy atom. The molecule has 0 aliphatic heterocycles. The van der Waals surface area contributed by atoms with Gasteiger partial charge in [0.15, 0.2) is 6.10 Å². The second kappa shape index (κ2) is 5.46. The Labute approximate surface area is 103 Å². The number of hydrogen-bond donors (Lipinski definition) is 2. The van der Waals surface area contributed by atoms with Crippen LogP contribution in [0.4, 0.5) is 4.39 Å². The van der Waals surface area contributed by atoms with E-state index in [0.29, 0.717) is 11.3 Å². The first kappa shape index (κ1) is 12.3. The second-order valence-electron chi connectivity index (χ2n) is 3.75. The standard InChI is InChI=1S/C13H12FNO3/c14-10-5-3-9(4-6-10)12(16)13(17)15-8-11-2-1-7-18-11/h1-7,12,16H,8H2,(H,15,17). The Bertz CT molecular complexity index is 508. The third-order valence-corrected chi connectivity index (χ3v) is 2.45. The van der Waals surface area contributed by atoms with Gasteiger partial charge in [0.1, 0.15) is 11.6 Å². The summed E-state index contributed by atoms with van der Waals surface area (Å²) in [5, 5.41) is 12.3. The zero-order valence-electron chi connectivity index (χ0n) is 9.47. The number of furan rings is 1. The van der Waals surface area contributed by atoms with Gasteiger partial charge in [0.05, 0.1) is 12.8 Å². The highest BCUT2D eigenvalue weighted by Crippen LogP contribution is 2.13. The van der Waals surface area contributed by atoms with Crippen LogP contribution in [0.15, 0.2) is 47.1 Å². The third-order valence-electron chi connectivity index (χ3n) is 2.45. The van der Waals surface area contributed by atoms with Crippen LogP contribution in [0.1, 0.15) is 17.4 Å². The van der Waals surface area contributed by atoms with Gasteiger partial charge in [-0.15, -0.1) is 0 Å². The van der Waals surface area contributed by atoms with E-state index in [1.54, 1.807) is 12.1 Å². The van der Waals surface area contributed by atoms with Crippen LogP contribution < -0.4 is 5.32 Å². The molecule has 0 radical (unpaired) electrons. The molecule has 1 atom stereocenters. The van der Waals surface area contributed by atoms with E-state index in [1.807, 2.05) is 0 Å². The molecule has 2 N–H and O–H groups in total. The summed E-state index contributed by atoms with van der Waals surface area (Å²) in [5.41, 5.74) is 0.341. The zero-order chi connectivity index (χ0) is 13.0. The lowest BCUT2D eigenvalue weighted by atomic mass is 10.1. The van der Waals surface area contributed by atoms with E-state index in [4.69, 9.17) is 4.42 Å². The van der Waals surface area contributed by atoms with Gasteiger partial charge in [-0.2, -0.15) is 0 Å². The third kappa shape index (κ3) is 2.95. The lowest BCUT2D eigenvalue weighted by molar-refractivity contribution is -0.129. The molecule has 5 heteroatoms. The van der Waals surface area contributed by atoms with Gasteiger partial charge >= 0.3 is 0 Å². The molecule has 0 bridgehead atoms. The molecule has 1 heterocycles. The van der Waals surface area contributed by atoms with Crippen LogP contribution in [-0.2, 0) is 11.3 Å². The van der Waals surface area contributed by atoms with Crippen LogP contribution in [0.2, 0.25) is 0 Å². The summed E-state index contributed by atoms with van der Waals surface area (Å²) in [7, 11) is 0. The van der Waals surface area contributed by atoms with Gasteiger partial charge in [-0.1, -0.05) is 12.1 Å². The number of halogens is 1. The van der Waals surface area contributed by atoms with E-state index >= 15 is 0 Å². The van der Waals surface area contributed by atoms with Crippen molar-refractivity contribution in [2.75, 3.05) is 0 Å². The Balaban J connectivity index is 1.94. The molecule has 2 aromatic rings. The van der Waals surface area contributed by atoms with Gasteiger partial charge in [-0.05, 0) is 29.8 Å². The van der Waals surface area contributed by atoms with Gasteiger partial charge in [-0.3, -0.25) is 4.79 Å². The molecule has 0 aliphatic carbocycles. The minimum absolute atomic E-state index is 0.199. The fourth-order valence-electron chi connectivity index (χ4n) is 1.48. The van der Waals surface area contributed by atoms with E-state index in [1.165, 1.54) is 30.5 Å². The molecule has 4 nitrogen and oxygen atoms in total. The van der Waals surface area contributed by atoms with Gasteiger partial charge in [0, 0.05) is 0 Å². The van der Waals surface area contributed by atoms with Crippen molar-refractivity contribution in [3.8, 4) is 0 Å². The lowest BCUT2D eigenvalue weighted by Gasteiger charge is -2.10. The molecular weight excluding hydrogens is 237 g/mol. The second-order valence-corrected chi connectivity index (χ2v) is 3.75. The maximum Gasteiger partial charge on any atom is 0.253 e. The van der Waals surface area contributed by atoms with Crippen molar-refractivity contribution in [2.45, 2.75) is 12.6 Å². The number of amides is 1. The molecule has 0 spiro atoms. The Morgan fingerprint density at radius 3 is 2.67 bits per heavy atom. The molecule has 2 rings (SSSR count). The lowest BCUT2D eigenvalue weighted by Crippen LogP contribution is -2.28. The van der Waals surface area contributed by atoms with E-state index in [0.717, 1.165) is 0 Å². The minimum atomic E-state index is -1.32. The predicted molar refractivity (Wildman–Crippen MR) is 61.9 cm³/mol. The first-order valence-electron chi connectivity index (χ1n) is 5.40. The monoisotopic (exact) mass is 249 g/mol. The van der Waals surface area contributed by atoms with E-state index in [2.05, 4.69) is 5.32 Å². The van der Waals surface area contributed by atoms with Crippen molar-refractivity contribution in [1.29, 1.82) is 0 Å². The summed E-state index contributed by atoms with van der Waals surface area (Å²) in [5.74, 6) is -0.380. The average molecular weight is 249 g/mol. The number of nitrogens with one attached hydrogen (secondary N) is 1. The topological polar surface area (TPSA) is 62.5 Å². The van der Waals surface area contributed by atoms with Crippen LogP contribution in [0.5, 0.6) is 0 Å². The number of aliphatic hydroxyl groups excluding tert-OH is 1. The largest absolute Gasteiger partial charge is 0.467 e. The van der Waals surface area contributed by atoms with Crippen molar-refractivity contribution in [2.24, 2.45) is 0 Å². The van der Waals surface area contributed by atoms with Crippen molar-refractivity contribution >= 4 is 5.91 Å². The van der Waals surface area contributed by atoms with Crippen LogP contribution in [0.3, 0.4) is 0 Å². The van der Waals surface area contributed by atoms with Crippen LogP contribution in [0, 0.1) is 5.82 Å². The molecule has 1 aromatic carbocycles. The highest BCUT2D eigenvalue weighted by molar-refractivity contribution is 5.81. The normalized spacial score (nSPS) is 12.1. The van der Waals surface area contributed by atoms with Gasteiger partial charge in [0.25, 0.3) is 5.91 Å². The number of hydrogen-bond acceptors (Lipinski definition) is 3. The van der Waals surface area contributed by atoms with Crippen molar-refractivity contribution < 1.29 is 18.7 Å². The Kier molecular flexibility index (Phi) is 3.74. The predicted octanol–water partition coefficient (Wildman–Crippen LogP) is 1.77. The first-order chi connectivity index (χ1) is 8.66. The summed E-state index contributed by atoms with van der Waals surface area (Å²) in [4.78, 5) is 11.6. The van der Waals surface area contributed by atoms with E-state index < -0.39 is 17.8 Å². The molecule has 0 saturated carbocycles. The average Bonchev–Trinajstić information content (AvgIpc) is 2.89. The molecular formula is C13H12FNO3. The quantitative estimate of drug-likeness (QED) is 0.868. The first-order valence-corrected chi connectivity index (χ1v) is 5.40. The van der Waals surface area contributed by atoms with Crippen LogP contribution >= 0.6 is 0 Å². The fraction of sp³-hybridized carbons (Fsp3) is 0.154. The van der Waals surface area contributed by atoms with Crippen molar-refractivity contribution in [3.63, 3.8) is 0 Å². The fourth-order valence-corrected chi connectivity index (χ4v) is 1.48. The van der Waals surface area contributed by atoms with Gasteiger partial charge in [0.2, 0.25) is 0 Å². The molecule has 0 fully saturated rings. The maximum absolute atomic E-state index is 12.7. The highest BCUT2D eigenvalue weighted by atomic mass is 19.1. The number of aliphatic hydroxyl groups is 1. The SMILES string of the molecule is O=C(NCc1ccco1)C(O)c1ccc(F)cc1. The molecule has 1 amide bonds. The Morgan fingerprint density at radius 1 is 1.33 bits per heavy atom. The summed E-state index contributed by atoms with van der Waals surface area (Å²) in [6, 6.07) is 8.54. The summed E-state index contributed by atoms with van der Waals surface area (Å²) >= 11 is 0. The molecule has 94 valence electrons. The minimum Gasteiger partial charge on any atom is -0.467 e. The van der Waals surface area contributed by atoms with Crippen molar-refractivity contribution in [3.05, 3.63) is 59.8 Å². The number of benzene rings is 1. The smallest absolute Gasteiger partial charge is 0.253 e. The van der Waals surface area contributed by atoms with Gasteiger partial charge < -0.3 is 14.8 Å². The summed E-state index contributed by atoms with van der Waals surface area (Å²) in [6.45, 7) is 0.199. The number of rotatable bonds is 4. The zero-order valence-corrected chi connectivity index (χ0v) is 9.47. The van der Waals surface area contributed by atoms with Crippen molar-refractivity contribution in [1.82, 2.24) is 5.32 Å². The van der Waals surface area contributed by atoms with Gasteiger partial charge in [-0.25, -0.2) is 4.39 Å². The molecule has 1 aromatic heterocycles. The highest BCUT2D eigenvalue weighted by Gasteiger charge is 2.17. The molecule has 0 saturated heterocycles. The van der Waals surface area contributed by atoms with Crippen LogP contribution in [0.25, 0.3) is 0 Å².